The number of aromatic nitrogens is 1. The van der Waals surface area contributed by atoms with E-state index >= 15 is 0 Å². The zero-order valence-electron chi connectivity index (χ0n) is 14.7. The van der Waals surface area contributed by atoms with Crippen LogP contribution in [0, 0.1) is 0 Å². The summed E-state index contributed by atoms with van der Waals surface area (Å²) in [6, 6.07) is 9.36. The summed E-state index contributed by atoms with van der Waals surface area (Å²) < 4.78 is 12.6. The molecule has 7 heteroatoms. The lowest BCUT2D eigenvalue weighted by Crippen LogP contribution is -2.32. The van der Waals surface area contributed by atoms with Gasteiger partial charge in [0.25, 0.3) is 0 Å². The van der Waals surface area contributed by atoms with Crippen LogP contribution < -0.4 is 0 Å². The Hall–Kier alpha value is -2.19. The highest BCUT2D eigenvalue weighted by Crippen LogP contribution is 2.39. The van der Waals surface area contributed by atoms with Crippen LogP contribution in [0.3, 0.4) is 0 Å². The van der Waals surface area contributed by atoms with Gasteiger partial charge in [-0.15, -0.1) is 0 Å². The predicted molar refractivity (Wildman–Crippen MR) is 93.5 cm³/mol. The zero-order chi connectivity index (χ0) is 18.8. The molecule has 26 heavy (non-hydrogen) atoms. The van der Waals surface area contributed by atoms with Crippen LogP contribution in [0.4, 0.5) is 0 Å². The molecule has 3 rings (SSSR count). The average Bonchev–Trinajstić information content (AvgIpc) is 3.13. The van der Waals surface area contributed by atoms with E-state index in [-0.39, 0.29) is 12.2 Å². The second-order valence-electron chi connectivity index (χ2n) is 6.26. The van der Waals surface area contributed by atoms with E-state index < -0.39 is 37.0 Å². The summed E-state index contributed by atoms with van der Waals surface area (Å²) in [5, 5.41) is 29.8. The van der Waals surface area contributed by atoms with Crippen molar-refractivity contribution in [1.29, 1.82) is 0 Å². The average molecular weight is 361 g/mol. The molecule has 0 bridgehead atoms. The number of aliphatic hydroxyl groups excluding tert-OH is 3. The van der Waals surface area contributed by atoms with Crippen molar-refractivity contribution in [1.82, 2.24) is 4.57 Å². The molecule has 4 atom stereocenters. The van der Waals surface area contributed by atoms with Gasteiger partial charge in [-0.3, -0.25) is 0 Å². The predicted octanol–water partition coefficient (Wildman–Crippen LogP) is 1.02. The molecule has 0 aliphatic carbocycles. The summed E-state index contributed by atoms with van der Waals surface area (Å²) in [4.78, 5) is 12.7. The SMILES string of the molecule is CCOC(=O)c1c([C@H]2O[C@H](CO)[C@@H](O)[C@H]2O)cn(C)c1-c1ccccc1. The topological polar surface area (TPSA) is 101 Å². The Morgan fingerprint density at radius 2 is 1.92 bits per heavy atom. The highest BCUT2D eigenvalue weighted by atomic mass is 16.6. The van der Waals surface area contributed by atoms with Crippen LogP contribution >= 0.6 is 0 Å². The first-order valence-corrected chi connectivity index (χ1v) is 8.53. The number of benzene rings is 1. The second-order valence-corrected chi connectivity index (χ2v) is 6.26. The molecule has 7 nitrogen and oxygen atoms in total. The first-order valence-electron chi connectivity index (χ1n) is 8.53. The van der Waals surface area contributed by atoms with Crippen LogP contribution in [-0.4, -0.2) is 57.4 Å². The van der Waals surface area contributed by atoms with Crippen molar-refractivity contribution in [2.24, 2.45) is 7.05 Å². The van der Waals surface area contributed by atoms with Crippen molar-refractivity contribution in [3.05, 3.63) is 47.7 Å². The van der Waals surface area contributed by atoms with Gasteiger partial charge in [-0.05, 0) is 12.5 Å². The molecule has 2 aromatic rings. The monoisotopic (exact) mass is 361 g/mol. The standard InChI is InChI=1S/C19H23NO6/c1-3-25-19(24)14-12(18-17(23)16(22)13(10-21)26-18)9-20(2)15(14)11-7-5-4-6-8-11/h4-9,13,16-18,21-23H,3,10H2,1-2H3/t13-,16-,17-,18-/m1/s1. The Labute approximate surface area is 151 Å². The van der Waals surface area contributed by atoms with Gasteiger partial charge in [-0.2, -0.15) is 0 Å². The molecular formula is C19H23NO6. The Kier molecular flexibility index (Phi) is 5.43. The molecule has 140 valence electrons. The van der Waals surface area contributed by atoms with Gasteiger partial charge in [0.2, 0.25) is 0 Å². The molecular weight excluding hydrogens is 338 g/mol. The van der Waals surface area contributed by atoms with E-state index in [0.29, 0.717) is 11.3 Å². The second kappa shape index (κ2) is 7.59. The third kappa shape index (κ3) is 3.14. The molecule has 1 aliphatic heterocycles. The van der Waals surface area contributed by atoms with Gasteiger partial charge in [-0.1, -0.05) is 30.3 Å². The summed E-state index contributed by atoms with van der Waals surface area (Å²) in [5.74, 6) is -0.528. The number of hydrogen-bond donors (Lipinski definition) is 3. The Morgan fingerprint density at radius 1 is 1.23 bits per heavy atom. The van der Waals surface area contributed by atoms with Gasteiger partial charge >= 0.3 is 5.97 Å². The van der Waals surface area contributed by atoms with Crippen molar-refractivity contribution >= 4 is 5.97 Å². The van der Waals surface area contributed by atoms with E-state index in [1.54, 1.807) is 24.7 Å². The van der Waals surface area contributed by atoms with Crippen LogP contribution in [-0.2, 0) is 16.5 Å². The fraction of sp³-hybridized carbons (Fsp3) is 0.421. The molecule has 1 aromatic carbocycles. The van der Waals surface area contributed by atoms with Gasteiger partial charge in [0.1, 0.15) is 24.4 Å². The maximum absolute atomic E-state index is 12.7. The first-order chi connectivity index (χ1) is 12.5. The van der Waals surface area contributed by atoms with Gasteiger partial charge < -0.3 is 29.4 Å². The molecule has 0 saturated carbocycles. The third-order valence-corrected chi connectivity index (χ3v) is 4.59. The lowest BCUT2D eigenvalue weighted by atomic mass is 9.97. The summed E-state index contributed by atoms with van der Waals surface area (Å²) in [6.07, 6.45) is -2.66. The van der Waals surface area contributed by atoms with Crippen molar-refractivity contribution in [2.45, 2.75) is 31.3 Å². The van der Waals surface area contributed by atoms with Crippen LogP contribution in [0.1, 0.15) is 28.9 Å². The molecule has 1 fully saturated rings. The number of ether oxygens (including phenoxy) is 2. The van der Waals surface area contributed by atoms with Gasteiger partial charge in [0.05, 0.1) is 24.5 Å². The van der Waals surface area contributed by atoms with Crippen molar-refractivity contribution in [3.63, 3.8) is 0 Å². The van der Waals surface area contributed by atoms with Crippen molar-refractivity contribution in [2.75, 3.05) is 13.2 Å². The lowest BCUT2D eigenvalue weighted by molar-refractivity contribution is -0.0230. The summed E-state index contributed by atoms with van der Waals surface area (Å²) in [5.41, 5.74) is 2.16. The zero-order valence-corrected chi connectivity index (χ0v) is 14.7. The Balaban J connectivity index is 2.13. The molecule has 1 aromatic heterocycles. The smallest absolute Gasteiger partial charge is 0.340 e. The number of esters is 1. The number of carbonyl (C=O) groups excluding carboxylic acids is 1. The van der Waals surface area contributed by atoms with E-state index in [9.17, 15) is 20.1 Å². The quantitative estimate of drug-likeness (QED) is 0.688. The van der Waals surface area contributed by atoms with Crippen LogP contribution in [0.15, 0.2) is 36.5 Å². The maximum Gasteiger partial charge on any atom is 0.340 e. The van der Waals surface area contributed by atoms with E-state index in [1.807, 2.05) is 30.3 Å². The minimum atomic E-state index is -1.26. The van der Waals surface area contributed by atoms with Crippen LogP contribution in [0.2, 0.25) is 0 Å². The number of rotatable bonds is 5. The normalized spacial score (nSPS) is 25.4. The molecule has 0 amide bonds. The molecule has 3 N–H and O–H groups in total. The van der Waals surface area contributed by atoms with E-state index in [1.165, 1.54) is 0 Å². The number of hydrogen-bond acceptors (Lipinski definition) is 6. The fourth-order valence-electron chi connectivity index (χ4n) is 3.38. The highest BCUT2D eigenvalue weighted by Gasteiger charge is 2.45. The number of carbonyl (C=O) groups is 1. The maximum atomic E-state index is 12.7. The molecule has 0 unspecified atom stereocenters. The van der Waals surface area contributed by atoms with Gasteiger partial charge in [-0.25, -0.2) is 4.79 Å². The van der Waals surface area contributed by atoms with Crippen LogP contribution in [0.25, 0.3) is 11.3 Å². The Bertz CT molecular complexity index is 772. The van der Waals surface area contributed by atoms with Crippen LogP contribution in [0.5, 0.6) is 0 Å². The molecule has 0 spiro atoms. The van der Waals surface area contributed by atoms with Gasteiger partial charge in [0, 0.05) is 18.8 Å². The van der Waals surface area contributed by atoms with Gasteiger partial charge in [0.15, 0.2) is 0 Å². The third-order valence-electron chi connectivity index (χ3n) is 4.59. The number of aryl methyl sites for hydroxylation is 1. The number of aliphatic hydroxyl groups is 3. The van der Waals surface area contributed by atoms with Crippen molar-refractivity contribution in [3.8, 4) is 11.3 Å². The minimum absolute atomic E-state index is 0.206. The van der Waals surface area contributed by atoms with Crippen molar-refractivity contribution < 1.29 is 29.6 Å². The summed E-state index contributed by atoms with van der Waals surface area (Å²) >= 11 is 0. The highest BCUT2D eigenvalue weighted by molar-refractivity contribution is 5.98. The minimum Gasteiger partial charge on any atom is -0.462 e. The van der Waals surface area contributed by atoms with E-state index in [4.69, 9.17) is 9.47 Å². The molecule has 1 aliphatic rings. The summed E-state index contributed by atoms with van der Waals surface area (Å²) in [7, 11) is 1.79. The largest absolute Gasteiger partial charge is 0.462 e. The molecule has 1 saturated heterocycles. The Morgan fingerprint density at radius 3 is 2.50 bits per heavy atom. The number of nitrogens with zero attached hydrogens (tertiary/aromatic N) is 1. The van der Waals surface area contributed by atoms with E-state index in [0.717, 1.165) is 5.56 Å². The summed E-state index contributed by atoms with van der Waals surface area (Å²) in [6.45, 7) is 1.49. The van der Waals surface area contributed by atoms with E-state index in [2.05, 4.69) is 0 Å². The fourth-order valence-corrected chi connectivity index (χ4v) is 3.38. The molecule has 2 heterocycles. The molecule has 0 radical (unpaired) electrons. The first kappa shape index (κ1) is 18.6. The lowest BCUT2D eigenvalue weighted by Gasteiger charge is -2.16.